The van der Waals surface area contributed by atoms with Crippen molar-refractivity contribution in [2.24, 2.45) is 16.2 Å². The van der Waals surface area contributed by atoms with E-state index in [4.69, 9.17) is 21.1 Å². The van der Waals surface area contributed by atoms with Crippen LogP contribution in [0.4, 0.5) is 5.82 Å². The number of nitrogens with zero attached hydrogens (tertiary/aromatic N) is 5. The number of hydrogen-bond donors (Lipinski definition) is 5. The molecule has 2 aliphatic heterocycles. The molecule has 5 N–H and O–H groups in total. The lowest BCUT2D eigenvalue weighted by molar-refractivity contribution is -0.164. The summed E-state index contributed by atoms with van der Waals surface area (Å²) in [6.07, 6.45) is 4.06. The van der Waals surface area contributed by atoms with Crippen LogP contribution in [0.25, 0.3) is 10.4 Å². The fourth-order valence-electron chi connectivity index (χ4n) is 11.3. The van der Waals surface area contributed by atoms with E-state index in [1.807, 2.05) is 76.5 Å². The number of amides is 4. The number of pyridine rings is 1. The molecule has 0 spiro atoms. The van der Waals surface area contributed by atoms with Gasteiger partial charge in [-0.2, -0.15) is 5.26 Å². The second-order valence-corrected chi connectivity index (χ2v) is 23.8. The number of hydrogen-bond acceptors (Lipinski definition) is 13. The van der Waals surface area contributed by atoms with E-state index in [0.29, 0.717) is 21.9 Å². The van der Waals surface area contributed by atoms with Gasteiger partial charge in [0.2, 0.25) is 17.7 Å². The maximum absolute atomic E-state index is 14.2. The van der Waals surface area contributed by atoms with Gasteiger partial charge in [-0.25, -0.2) is 9.97 Å². The molecular weight excluding hydrogens is 966 g/mol. The van der Waals surface area contributed by atoms with Crippen molar-refractivity contribution in [3.63, 3.8) is 0 Å². The molecule has 73 heavy (non-hydrogen) atoms. The zero-order valence-electron chi connectivity index (χ0n) is 43.3. The van der Waals surface area contributed by atoms with Crippen LogP contribution >= 0.6 is 22.9 Å². The van der Waals surface area contributed by atoms with Gasteiger partial charge in [0.05, 0.1) is 63.1 Å². The second-order valence-electron chi connectivity index (χ2n) is 22.6. The van der Waals surface area contributed by atoms with Crippen LogP contribution < -0.4 is 30.9 Å². The van der Waals surface area contributed by atoms with Gasteiger partial charge in [0.15, 0.2) is 0 Å². The van der Waals surface area contributed by atoms with Crippen molar-refractivity contribution >= 4 is 52.4 Å². The Morgan fingerprint density at radius 2 is 1.66 bits per heavy atom. The van der Waals surface area contributed by atoms with E-state index in [0.717, 1.165) is 66.3 Å². The third-order valence-corrected chi connectivity index (χ3v) is 16.6. The van der Waals surface area contributed by atoms with E-state index in [2.05, 4.69) is 69.9 Å². The summed E-state index contributed by atoms with van der Waals surface area (Å²) in [5, 5.41) is 32.8. The van der Waals surface area contributed by atoms with Crippen molar-refractivity contribution in [3.8, 4) is 22.3 Å². The Hall–Kier alpha value is -5.64. The number of likely N-dealkylation sites (tertiary alicyclic amines) is 1. The van der Waals surface area contributed by atoms with Crippen LogP contribution in [0.1, 0.15) is 121 Å². The third kappa shape index (κ3) is 11.8. The zero-order chi connectivity index (χ0) is 52.6. The van der Waals surface area contributed by atoms with Crippen molar-refractivity contribution in [2.75, 3.05) is 31.1 Å². The van der Waals surface area contributed by atoms with Gasteiger partial charge < -0.3 is 45.6 Å². The fourth-order valence-corrected chi connectivity index (χ4v) is 12.3. The molecule has 2 aromatic carbocycles. The highest BCUT2D eigenvalue weighted by molar-refractivity contribution is 7.13. The Kier molecular flexibility index (Phi) is 15.9. The van der Waals surface area contributed by atoms with Gasteiger partial charge >= 0.3 is 0 Å². The number of aliphatic hydroxyl groups excluding tert-OH is 1. The van der Waals surface area contributed by atoms with Crippen molar-refractivity contribution in [1.82, 2.24) is 36.1 Å². The number of thiazole rings is 1. The number of aromatic nitrogens is 2. The van der Waals surface area contributed by atoms with Crippen molar-refractivity contribution in [1.29, 1.82) is 5.26 Å². The van der Waals surface area contributed by atoms with Crippen LogP contribution in [0.3, 0.4) is 0 Å². The first-order valence-electron chi connectivity index (χ1n) is 25.4. The van der Waals surface area contributed by atoms with E-state index in [1.54, 1.807) is 35.7 Å². The summed E-state index contributed by atoms with van der Waals surface area (Å²) in [4.78, 5) is 68.6. The van der Waals surface area contributed by atoms with Crippen LogP contribution in [0.5, 0.6) is 5.75 Å². The van der Waals surface area contributed by atoms with Gasteiger partial charge in [0, 0.05) is 61.2 Å². The fraction of sp³-hybridized carbons (Fsp3) is 0.545. The molecule has 4 heterocycles. The molecule has 8 rings (SSSR count). The highest BCUT2D eigenvalue weighted by Crippen LogP contribution is 2.55. The largest absolute Gasteiger partial charge is 0.489 e. The number of β-amino-alcohol motifs (C(OH)–C–C–N with tert-alkyl or cyclic N) is 1. The maximum Gasteiger partial charge on any atom is 0.253 e. The molecule has 0 radical (unpaired) electrons. The minimum atomic E-state index is -0.921. The first-order chi connectivity index (χ1) is 34.5. The van der Waals surface area contributed by atoms with Gasteiger partial charge in [-0.3, -0.25) is 19.2 Å². The van der Waals surface area contributed by atoms with Crippen LogP contribution in [-0.2, 0) is 19.1 Å². The lowest BCUT2D eigenvalue weighted by atomic mass is 9.49. The summed E-state index contributed by atoms with van der Waals surface area (Å²) in [6.45, 7) is 19.3. The van der Waals surface area contributed by atoms with Gasteiger partial charge in [0.1, 0.15) is 35.8 Å². The van der Waals surface area contributed by atoms with Gasteiger partial charge in [-0.1, -0.05) is 84.3 Å². The maximum atomic E-state index is 14.2. The summed E-state index contributed by atoms with van der Waals surface area (Å²) in [7, 11) is 0. The molecule has 0 unspecified atom stereocenters. The Labute approximate surface area is 438 Å². The predicted octanol–water partition coefficient (Wildman–Crippen LogP) is 7.13. The number of halogens is 1. The summed E-state index contributed by atoms with van der Waals surface area (Å²) in [6, 6.07) is 16.6. The summed E-state index contributed by atoms with van der Waals surface area (Å²) in [5.74, 6) is 0.114. The molecule has 4 aliphatic rings. The smallest absolute Gasteiger partial charge is 0.253 e. The number of piperidine rings is 1. The van der Waals surface area contributed by atoms with Crippen molar-refractivity contribution in [3.05, 3.63) is 93.7 Å². The molecular formula is C55H70ClN9O7S. The van der Waals surface area contributed by atoms with E-state index >= 15 is 0 Å². The molecule has 4 aromatic rings. The minimum absolute atomic E-state index is 0.000197. The summed E-state index contributed by atoms with van der Waals surface area (Å²) >= 11 is 7.84. The zero-order valence-corrected chi connectivity index (χ0v) is 44.9. The molecule has 2 saturated heterocycles. The monoisotopic (exact) mass is 1040 g/mol. The second kappa shape index (κ2) is 21.7. The Balaban J connectivity index is 0.744. The number of aliphatic hydroxyl groups is 1. The molecule has 16 nitrogen and oxygen atoms in total. The number of carbonyl (C=O) groups is 4. The number of aryl methyl sites for hydroxylation is 1. The lowest BCUT2D eigenvalue weighted by Crippen LogP contribution is -2.74. The number of ether oxygens (including phenoxy) is 2. The number of carbonyl (C=O) groups excluding carboxylic acids is 4. The van der Waals surface area contributed by atoms with Crippen LogP contribution in [0, 0.1) is 34.5 Å². The van der Waals surface area contributed by atoms with Gasteiger partial charge in [-0.05, 0) is 80.3 Å². The molecule has 0 bridgehead atoms. The summed E-state index contributed by atoms with van der Waals surface area (Å²) in [5.41, 5.74) is 4.16. The molecule has 4 atom stereocenters. The van der Waals surface area contributed by atoms with E-state index in [1.165, 1.54) is 4.90 Å². The molecule has 4 fully saturated rings. The topological polar surface area (TPSA) is 211 Å². The van der Waals surface area contributed by atoms with Crippen LogP contribution in [0.15, 0.2) is 66.3 Å². The van der Waals surface area contributed by atoms with Crippen LogP contribution in [0.2, 0.25) is 5.02 Å². The van der Waals surface area contributed by atoms with E-state index in [-0.39, 0.29) is 73.7 Å². The highest BCUT2D eigenvalue weighted by atomic mass is 35.5. The Morgan fingerprint density at radius 3 is 2.26 bits per heavy atom. The molecule has 2 aromatic heterocycles. The number of anilines is 1. The van der Waals surface area contributed by atoms with Crippen molar-refractivity contribution < 1.29 is 33.8 Å². The molecule has 18 heteroatoms. The van der Waals surface area contributed by atoms with Crippen molar-refractivity contribution in [2.45, 2.75) is 149 Å². The minimum Gasteiger partial charge on any atom is -0.489 e. The number of rotatable bonds is 16. The highest BCUT2D eigenvalue weighted by Gasteiger charge is 2.64. The quantitative estimate of drug-likeness (QED) is 0.0759. The Morgan fingerprint density at radius 1 is 0.959 bits per heavy atom. The third-order valence-electron chi connectivity index (χ3n) is 15.3. The van der Waals surface area contributed by atoms with E-state index in [9.17, 15) is 29.5 Å². The number of benzene rings is 2. The first kappa shape index (κ1) is 53.6. The average Bonchev–Trinajstić information content (AvgIpc) is 3.96. The Bertz CT molecular complexity index is 2670. The standard InChI is InChI=1S/C55H70ClN9O7S/c1-31(33-10-12-34(13-11-33)46-32(2)60-30-73-46)61-49(69)43-24-38(66)29-65(43)50(70)47(53(3,4)5)62-45(67)28-58-37-22-41(23-37)71-39-18-20-64(21-19-39)44-17-15-36(27-59-44)48(68)63-51-54(6,7)52(55(51,8)9)72-40-16-14-35(26-57)42(56)25-40/h10-17,25,27,30-31,37-39,41,43,47,51-52,58,66H,18-24,28-29H2,1-9H3,(H,61,69)(H,62,67)(H,63,68)/t31-,37?,38+,41?,43-,47+,51?,52?/m0/s1. The van der Waals surface area contributed by atoms with Gasteiger partial charge in [0.25, 0.3) is 5.91 Å². The SMILES string of the molecule is Cc1ncsc1-c1ccc([C@H](C)NC(=O)[C@@H]2C[C@@H](O)CN2C(=O)[C@@H](NC(=O)CNC2CC(OC3CCN(c4ccc(C(=O)NC5C(C)(C)C(Oc6ccc(C#N)c(Cl)c6)C5(C)C)cn4)CC3)C2)C(C)(C)C)cc1. The van der Waals surface area contributed by atoms with Crippen LogP contribution in [-0.4, -0.2) is 118 Å². The van der Waals surface area contributed by atoms with Gasteiger partial charge in [-0.15, -0.1) is 11.3 Å². The predicted molar refractivity (Wildman–Crippen MR) is 281 cm³/mol. The lowest BCUT2D eigenvalue weighted by Gasteiger charge is -2.63. The molecule has 2 saturated carbocycles. The molecule has 390 valence electrons. The number of nitriles is 1. The molecule has 4 amide bonds. The van der Waals surface area contributed by atoms with E-state index < -0.39 is 40.3 Å². The number of nitrogens with one attached hydrogen (secondary N) is 4. The molecule has 2 aliphatic carbocycles. The normalized spacial score (nSPS) is 24.3. The average molecular weight is 1040 g/mol. The first-order valence-corrected chi connectivity index (χ1v) is 26.6. The summed E-state index contributed by atoms with van der Waals surface area (Å²) < 4.78 is 12.9.